The average molecular weight is 162 g/mol. The monoisotopic (exact) mass is 162 g/mol. The molecule has 0 N–H and O–H groups in total. The van der Waals surface area contributed by atoms with Gasteiger partial charge in [0, 0.05) is 5.92 Å². The third-order valence-electron chi connectivity index (χ3n) is 2.61. The van der Waals surface area contributed by atoms with E-state index in [9.17, 15) is 0 Å². The summed E-state index contributed by atoms with van der Waals surface area (Å²) >= 11 is 0. The summed E-state index contributed by atoms with van der Waals surface area (Å²) in [6.45, 7) is 6.31. The molecule has 2 unspecified atom stereocenters. The molecule has 64 valence electrons. The quantitative estimate of drug-likeness (QED) is 0.532. The maximum atomic E-state index is 5.62. The topological polar surface area (TPSA) is 9.23 Å². The standard InChI is InChI=1S/C11H14O/c1-7-4-10-6-9(3)12-11(10)5-8(7)2/h4-6,10-11H,1-3H3. The van der Waals surface area contributed by atoms with Gasteiger partial charge in [0.25, 0.3) is 0 Å². The van der Waals surface area contributed by atoms with Crippen LogP contribution >= 0.6 is 0 Å². The number of ether oxygens (including phenoxy) is 1. The van der Waals surface area contributed by atoms with E-state index < -0.39 is 0 Å². The summed E-state index contributed by atoms with van der Waals surface area (Å²) in [5.41, 5.74) is 2.73. The summed E-state index contributed by atoms with van der Waals surface area (Å²) < 4.78 is 5.62. The average Bonchev–Trinajstić information content (AvgIpc) is 2.30. The molecular weight excluding hydrogens is 148 g/mol. The predicted molar refractivity (Wildman–Crippen MR) is 49.6 cm³/mol. The molecule has 2 atom stereocenters. The van der Waals surface area contributed by atoms with Gasteiger partial charge in [-0.15, -0.1) is 0 Å². The van der Waals surface area contributed by atoms with Crippen LogP contribution in [-0.2, 0) is 4.74 Å². The normalized spacial score (nSPS) is 33.1. The fourth-order valence-electron chi connectivity index (χ4n) is 1.78. The van der Waals surface area contributed by atoms with Gasteiger partial charge >= 0.3 is 0 Å². The molecule has 2 aliphatic rings. The van der Waals surface area contributed by atoms with Crippen molar-refractivity contribution in [3.05, 3.63) is 35.1 Å². The van der Waals surface area contributed by atoms with Crippen molar-refractivity contribution in [2.24, 2.45) is 5.92 Å². The number of rotatable bonds is 0. The Balaban J connectivity index is 2.30. The molecule has 1 heterocycles. The van der Waals surface area contributed by atoms with E-state index in [2.05, 4.69) is 32.1 Å². The van der Waals surface area contributed by atoms with Crippen LogP contribution in [-0.4, -0.2) is 6.10 Å². The van der Waals surface area contributed by atoms with Crippen molar-refractivity contribution in [2.75, 3.05) is 0 Å². The molecule has 0 bridgehead atoms. The van der Waals surface area contributed by atoms with Gasteiger partial charge in [-0.3, -0.25) is 0 Å². The molecule has 0 saturated carbocycles. The second kappa shape index (κ2) is 2.51. The van der Waals surface area contributed by atoms with Gasteiger partial charge in [-0.2, -0.15) is 0 Å². The lowest BCUT2D eigenvalue weighted by atomic mass is 9.91. The van der Waals surface area contributed by atoms with Gasteiger partial charge in [-0.25, -0.2) is 0 Å². The summed E-state index contributed by atoms with van der Waals surface area (Å²) in [5, 5.41) is 0. The van der Waals surface area contributed by atoms with E-state index in [4.69, 9.17) is 4.74 Å². The number of hydrogen-bond acceptors (Lipinski definition) is 1. The molecule has 0 saturated heterocycles. The Bertz CT molecular complexity index is 294. The molecule has 0 aromatic rings. The molecule has 12 heavy (non-hydrogen) atoms. The molecule has 1 aliphatic heterocycles. The van der Waals surface area contributed by atoms with E-state index in [1.807, 2.05) is 6.92 Å². The summed E-state index contributed by atoms with van der Waals surface area (Å²) in [7, 11) is 0. The molecule has 1 heteroatoms. The van der Waals surface area contributed by atoms with Gasteiger partial charge in [0.05, 0.1) is 5.76 Å². The molecule has 2 rings (SSSR count). The molecule has 0 aromatic carbocycles. The minimum atomic E-state index is 0.272. The Kier molecular flexibility index (Phi) is 1.60. The van der Waals surface area contributed by atoms with E-state index in [0.29, 0.717) is 5.92 Å². The Labute approximate surface area is 73.4 Å². The van der Waals surface area contributed by atoms with Crippen LogP contribution in [0, 0.1) is 5.92 Å². The van der Waals surface area contributed by atoms with Crippen LogP contribution in [0.5, 0.6) is 0 Å². The van der Waals surface area contributed by atoms with Crippen LogP contribution in [0.2, 0.25) is 0 Å². The molecule has 0 fully saturated rings. The largest absolute Gasteiger partial charge is 0.490 e. The highest BCUT2D eigenvalue weighted by Crippen LogP contribution is 2.32. The Morgan fingerprint density at radius 1 is 1.00 bits per heavy atom. The Morgan fingerprint density at radius 3 is 2.42 bits per heavy atom. The van der Waals surface area contributed by atoms with Gasteiger partial charge in [0.15, 0.2) is 0 Å². The third kappa shape index (κ3) is 1.09. The maximum absolute atomic E-state index is 5.62. The van der Waals surface area contributed by atoms with Crippen LogP contribution in [0.15, 0.2) is 35.1 Å². The number of allylic oxidation sites excluding steroid dienone is 3. The fraction of sp³-hybridized carbons (Fsp3) is 0.455. The SMILES string of the molecule is CC1=CC2C=C(C)C(C)=CC2O1. The summed E-state index contributed by atoms with van der Waals surface area (Å²) in [6.07, 6.45) is 6.97. The van der Waals surface area contributed by atoms with Crippen LogP contribution in [0.3, 0.4) is 0 Å². The van der Waals surface area contributed by atoms with Gasteiger partial charge in [0.1, 0.15) is 6.10 Å². The fourth-order valence-corrected chi connectivity index (χ4v) is 1.78. The van der Waals surface area contributed by atoms with E-state index in [1.165, 1.54) is 11.1 Å². The smallest absolute Gasteiger partial charge is 0.127 e. The summed E-state index contributed by atoms with van der Waals surface area (Å²) in [6, 6.07) is 0. The van der Waals surface area contributed by atoms with E-state index >= 15 is 0 Å². The first-order valence-corrected chi connectivity index (χ1v) is 4.39. The lowest BCUT2D eigenvalue weighted by Crippen LogP contribution is -2.16. The van der Waals surface area contributed by atoms with Crippen LogP contribution in [0.4, 0.5) is 0 Å². The van der Waals surface area contributed by atoms with Crippen LogP contribution < -0.4 is 0 Å². The third-order valence-corrected chi connectivity index (χ3v) is 2.61. The van der Waals surface area contributed by atoms with Crippen molar-refractivity contribution in [3.63, 3.8) is 0 Å². The van der Waals surface area contributed by atoms with Gasteiger partial charge in [-0.05, 0) is 38.5 Å². The van der Waals surface area contributed by atoms with Gasteiger partial charge < -0.3 is 4.74 Å². The zero-order valence-corrected chi connectivity index (χ0v) is 7.79. The first-order chi connectivity index (χ1) is 5.66. The molecule has 0 radical (unpaired) electrons. The number of hydrogen-bond donors (Lipinski definition) is 0. The van der Waals surface area contributed by atoms with E-state index in [1.54, 1.807) is 0 Å². The van der Waals surface area contributed by atoms with Gasteiger partial charge in [-0.1, -0.05) is 11.6 Å². The lowest BCUT2D eigenvalue weighted by molar-refractivity contribution is 0.165. The first-order valence-electron chi connectivity index (χ1n) is 4.39. The van der Waals surface area contributed by atoms with Crippen molar-refractivity contribution in [2.45, 2.75) is 26.9 Å². The second-order valence-corrected chi connectivity index (χ2v) is 3.64. The van der Waals surface area contributed by atoms with Crippen LogP contribution in [0.25, 0.3) is 0 Å². The molecular formula is C11H14O. The molecule has 1 aliphatic carbocycles. The van der Waals surface area contributed by atoms with Gasteiger partial charge in [0.2, 0.25) is 0 Å². The zero-order chi connectivity index (χ0) is 8.72. The molecule has 0 amide bonds. The summed E-state index contributed by atoms with van der Waals surface area (Å²) in [4.78, 5) is 0. The molecule has 0 spiro atoms. The maximum Gasteiger partial charge on any atom is 0.127 e. The van der Waals surface area contributed by atoms with Crippen molar-refractivity contribution in [3.8, 4) is 0 Å². The minimum Gasteiger partial charge on any atom is -0.490 e. The van der Waals surface area contributed by atoms with Crippen molar-refractivity contribution < 1.29 is 4.74 Å². The van der Waals surface area contributed by atoms with Crippen molar-refractivity contribution in [1.29, 1.82) is 0 Å². The molecule has 0 aromatic heterocycles. The second-order valence-electron chi connectivity index (χ2n) is 3.64. The Morgan fingerprint density at radius 2 is 1.67 bits per heavy atom. The van der Waals surface area contributed by atoms with Crippen molar-refractivity contribution >= 4 is 0 Å². The highest BCUT2D eigenvalue weighted by molar-refractivity contribution is 5.36. The van der Waals surface area contributed by atoms with E-state index in [-0.39, 0.29) is 6.10 Å². The lowest BCUT2D eigenvalue weighted by Gasteiger charge is -2.19. The van der Waals surface area contributed by atoms with E-state index in [0.717, 1.165) is 5.76 Å². The predicted octanol–water partition coefficient (Wildman–Crippen LogP) is 2.81. The highest BCUT2D eigenvalue weighted by atomic mass is 16.5. The first kappa shape index (κ1) is 7.66. The van der Waals surface area contributed by atoms with Crippen molar-refractivity contribution in [1.82, 2.24) is 0 Å². The van der Waals surface area contributed by atoms with Crippen LogP contribution in [0.1, 0.15) is 20.8 Å². The zero-order valence-electron chi connectivity index (χ0n) is 7.79. The number of fused-ring (bicyclic) bond motifs is 1. The molecule has 1 nitrogen and oxygen atoms in total. The summed E-state index contributed by atoms with van der Waals surface area (Å²) in [5.74, 6) is 1.54. The highest BCUT2D eigenvalue weighted by Gasteiger charge is 2.26. The minimum absolute atomic E-state index is 0.272. The Hall–Kier alpha value is -0.980.